The molecular weight excluding hydrogens is 202 g/mol. The summed E-state index contributed by atoms with van der Waals surface area (Å²) >= 11 is 0. The van der Waals surface area contributed by atoms with Gasteiger partial charge in [0.1, 0.15) is 0 Å². The number of aromatic amines is 2. The van der Waals surface area contributed by atoms with Crippen LogP contribution in [0.25, 0.3) is 6.08 Å². The van der Waals surface area contributed by atoms with Crippen molar-refractivity contribution in [3.8, 4) is 0 Å². The highest BCUT2D eigenvalue weighted by atomic mass is 16.1. The molecular formula is C12H17N3O. The molecule has 0 unspecified atom stereocenters. The van der Waals surface area contributed by atoms with E-state index in [1.165, 1.54) is 0 Å². The van der Waals surface area contributed by atoms with Gasteiger partial charge < -0.3 is 4.98 Å². The van der Waals surface area contributed by atoms with Gasteiger partial charge >= 0.3 is 5.69 Å². The Morgan fingerprint density at radius 2 is 2.12 bits per heavy atom. The SMILES string of the molecule is C=C/C(=C\c1[nH]c(=O)[nH]c1N=CC)C(C)C. The van der Waals surface area contributed by atoms with Crippen LogP contribution in [0, 0.1) is 5.92 Å². The second kappa shape index (κ2) is 5.30. The molecule has 1 aromatic rings. The van der Waals surface area contributed by atoms with Crippen molar-refractivity contribution in [3.63, 3.8) is 0 Å². The largest absolute Gasteiger partial charge is 0.325 e. The van der Waals surface area contributed by atoms with E-state index in [1.54, 1.807) is 19.2 Å². The van der Waals surface area contributed by atoms with Gasteiger partial charge in [-0.3, -0.25) is 4.98 Å². The second-order valence-electron chi connectivity index (χ2n) is 3.73. The maximum atomic E-state index is 11.2. The monoisotopic (exact) mass is 219 g/mol. The summed E-state index contributed by atoms with van der Waals surface area (Å²) in [7, 11) is 0. The highest BCUT2D eigenvalue weighted by molar-refractivity contribution is 5.66. The molecule has 0 radical (unpaired) electrons. The maximum absolute atomic E-state index is 11.2. The summed E-state index contributed by atoms with van der Waals surface area (Å²) in [5.74, 6) is 0.904. The summed E-state index contributed by atoms with van der Waals surface area (Å²) in [4.78, 5) is 20.6. The van der Waals surface area contributed by atoms with Gasteiger partial charge in [0.05, 0.1) is 5.69 Å². The number of nitrogens with zero attached hydrogens (tertiary/aromatic N) is 1. The number of aliphatic imine (C=N–C) groups is 1. The zero-order chi connectivity index (χ0) is 12.1. The quantitative estimate of drug-likeness (QED) is 0.593. The minimum Gasteiger partial charge on any atom is -0.304 e. The Balaban J connectivity index is 3.22. The summed E-state index contributed by atoms with van der Waals surface area (Å²) in [6, 6.07) is 0. The highest BCUT2D eigenvalue weighted by Crippen LogP contribution is 2.19. The van der Waals surface area contributed by atoms with Gasteiger partial charge in [-0.1, -0.05) is 26.5 Å². The zero-order valence-corrected chi connectivity index (χ0v) is 9.87. The average Bonchev–Trinajstić information content (AvgIpc) is 2.55. The van der Waals surface area contributed by atoms with Crippen LogP contribution in [-0.2, 0) is 0 Å². The van der Waals surface area contributed by atoms with Gasteiger partial charge in [0.2, 0.25) is 0 Å². The molecule has 0 aliphatic heterocycles. The Bertz CT molecular complexity index is 475. The Labute approximate surface area is 94.8 Å². The lowest BCUT2D eigenvalue weighted by Gasteiger charge is -2.04. The van der Waals surface area contributed by atoms with E-state index in [4.69, 9.17) is 0 Å². The van der Waals surface area contributed by atoms with E-state index in [0.29, 0.717) is 17.4 Å². The predicted molar refractivity (Wildman–Crippen MR) is 68.3 cm³/mol. The molecule has 0 bridgehead atoms. The molecule has 0 spiro atoms. The average molecular weight is 219 g/mol. The van der Waals surface area contributed by atoms with Crippen molar-refractivity contribution >= 4 is 18.1 Å². The van der Waals surface area contributed by atoms with Crippen molar-refractivity contribution in [2.45, 2.75) is 20.8 Å². The molecule has 0 aliphatic carbocycles. The third-order valence-electron chi connectivity index (χ3n) is 2.21. The van der Waals surface area contributed by atoms with Crippen LogP contribution in [0.3, 0.4) is 0 Å². The lowest BCUT2D eigenvalue weighted by atomic mass is 10.0. The molecule has 0 fully saturated rings. The fourth-order valence-electron chi connectivity index (χ4n) is 1.35. The van der Waals surface area contributed by atoms with Gasteiger partial charge in [-0.05, 0) is 24.5 Å². The first-order valence-corrected chi connectivity index (χ1v) is 5.23. The van der Waals surface area contributed by atoms with Crippen LogP contribution in [0.5, 0.6) is 0 Å². The number of allylic oxidation sites excluding steroid dienone is 2. The Hall–Kier alpha value is -1.84. The number of rotatable bonds is 4. The van der Waals surface area contributed by atoms with Crippen LogP contribution in [0.1, 0.15) is 26.5 Å². The van der Waals surface area contributed by atoms with Gasteiger partial charge in [0.25, 0.3) is 0 Å². The Morgan fingerprint density at radius 1 is 1.44 bits per heavy atom. The summed E-state index contributed by atoms with van der Waals surface area (Å²) in [5.41, 5.74) is 1.49. The van der Waals surface area contributed by atoms with Crippen molar-refractivity contribution in [2.24, 2.45) is 10.9 Å². The van der Waals surface area contributed by atoms with Crippen molar-refractivity contribution in [1.82, 2.24) is 9.97 Å². The van der Waals surface area contributed by atoms with E-state index < -0.39 is 0 Å². The fraction of sp³-hybridized carbons (Fsp3) is 0.333. The Morgan fingerprint density at radius 3 is 2.62 bits per heavy atom. The van der Waals surface area contributed by atoms with E-state index in [-0.39, 0.29) is 5.69 Å². The first kappa shape index (κ1) is 12.2. The Kier molecular flexibility index (Phi) is 4.05. The second-order valence-corrected chi connectivity index (χ2v) is 3.73. The van der Waals surface area contributed by atoms with Crippen molar-refractivity contribution in [3.05, 3.63) is 34.4 Å². The maximum Gasteiger partial charge on any atom is 0.325 e. The molecule has 0 aliphatic rings. The van der Waals surface area contributed by atoms with Crippen molar-refractivity contribution in [2.75, 3.05) is 0 Å². The third-order valence-corrected chi connectivity index (χ3v) is 2.21. The van der Waals surface area contributed by atoms with Crippen molar-refractivity contribution in [1.29, 1.82) is 0 Å². The highest BCUT2D eigenvalue weighted by Gasteiger charge is 2.05. The van der Waals surface area contributed by atoms with E-state index in [2.05, 4.69) is 35.4 Å². The van der Waals surface area contributed by atoms with Crippen LogP contribution < -0.4 is 5.69 Å². The summed E-state index contributed by atoms with van der Waals surface area (Å²) < 4.78 is 0. The molecule has 86 valence electrons. The predicted octanol–water partition coefficient (Wildman–Crippen LogP) is 2.65. The number of H-pyrrole nitrogens is 2. The van der Waals surface area contributed by atoms with Crippen LogP contribution in [0.15, 0.2) is 28.0 Å². The van der Waals surface area contributed by atoms with Crippen LogP contribution in [0.2, 0.25) is 0 Å². The van der Waals surface area contributed by atoms with Crippen molar-refractivity contribution < 1.29 is 0 Å². The van der Waals surface area contributed by atoms with Gasteiger partial charge in [-0.15, -0.1) is 0 Å². The normalized spacial score (nSPS) is 12.6. The summed E-state index contributed by atoms with van der Waals surface area (Å²) in [6.07, 6.45) is 5.31. The number of hydrogen-bond donors (Lipinski definition) is 2. The molecule has 0 saturated carbocycles. The zero-order valence-electron chi connectivity index (χ0n) is 9.87. The third kappa shape index (κ3) is 2.82. The number of imidazole rings is 1. The number of aromatic nitrogens is 2. The van der Waals surface area contributed by atoms with E-state index in [0.717, 1.165) is 5.57 Å². The summed E-state index contributed by atoms with van der Waals surface area (Å²) in [6.45, 7) is 9.69. The molecule has 4 nitrogen and oxygen atoms in total. The summed E-state index contributed by atoms with van der Waals surface area (Å²) in [5, 5.41) is 0. The molecule has 2 N–H and O–H groups in total. The molecule has 0 amide bonds. The molecule has 1 aromatic heterocycles. The lowest BCUT2D eigenvalue weighted by molar-refractivity contribution is 0.797. The van der Waals surface area contributed by atoms with Gasteiger partial charge in [0, 0.05) is 6.21 Å². The number of nitrogens with one attached hydrogen (secondary N) is 2. The van der Waals surface area contributed by atoms with E-state index in [1.807, 2.05) is 6.08 Å². The number of hydrogen-bond acceptors (Lipinski definition) is 2. The molecule has 1 heterocycles. The van der Waals surface area contributed by atoms with Gasteiger partial charge in [-0.25, -0.2) is 9.79 Å². The smallest absolute Gasteiger partial charge is 0.304 e. The molecule has 4 heteroatoms. The molecule has 16 heavy (non-hydrogen) atoms. The van der Waals surface area contributed by atoms with Crippen LogP contribution >= 0.6 is 0 Å². The molecule has 1 rings (SSSR count). The van der Waals surface area contributed by atoms with E-state index >= 15 is 0 Å². The lowest BCUT2D eigenvalue weighted by Crippen LogP contribution is -2.00. The van der Waals surface area contributed by atoms with Gasteiger partial charge in [-0.2, -0.15) is 0 Å². The van der Waals surface area contributed by atoms with Crippen LogP contribution in [-0.4, -0.2) is 16.2 Å². The molecule has 0 aromatic carbocycles. The first-order valence-electron chi connectivity index (χ1n) is 5.23. The molecule has 0 atom stereocenters. The molecule has 0 saturated heterocycles. The standard InChI is InChI=1S/C12H17N3O/c1-5-9(8(3)4)7-10-11(13-6-2)15-12(16)14-10/h5-8H,1H2,2-4H3,(H2,14,15,16)/b9-7+,13-6?. The van der Waals surface area contributed by atoms with Gasteiger partial charge in [0.15, 0.2) is 5.82 Å². The minimum absolute atomic E-state index is 0.251. The fourth-order valence-corrected chi connectivity index (χ4v) is 1.35. The topological polar surface area (TPSA) is 61.0 Å². The van der Waals surface area contributed by atoms with Crippen LogP contribution in [0.4, 0.5) is 5.82 Å². The van der Waals surface area contributed by atoms with E-state index in [9.17, 15) is 4.79 Å². The minimum atomic E-state index is -0.251. The first-order chi connectivity index (χ1) is 7.58.